The van der Waals surface area contributed by atoms with E-state index in [1.54, 1.807) is 6.07 Å². The molecule has 0 amide bonds. The van der Waals surface area contributed by atoms with E-state index in [0.29, 0.717) is 11.4 Å². The second kappa shape index (κ2) is 4.18. The second-order valence-corrected chi connectivity index (χ2v) is 2.75. The van der Waals surface area contributed by atoms with Gasteiger partial charge in [-0.1, -0.05) is 22.4 Å². The lowest BCUT2D eigenvalue weighted by Gasteiger charge is -2.05. The van der Waals surface area contributed by atoms with Crippen LogP contribution in [0.4, 0.5) is 11.4 Å². The van der Waals surface area contributed by atoms with Gasteiger partial charge in [-0.15, -0.1) is 0 Å². The van der Waals surface area contributed by atoms with Gasteiger partial charge in [-0.2, -0.15) is 0 Å². The van der Waals surface area contributed by atoms with E-state index < -0.39 is 0 Å². The molecular formula is C8H8N6. The molecule has 0 heterocycles. The van der Waals surface area contributed by atoms with Crippen molar-refractivity contribution in [3.63, 3.8) is 0 Å². The van der Waals surface area contributed by atoms with Gasteiger partial charge in [-0.05, 0) is 36.0 Å². The quantitative estimate of drug-likeness (QED) is 0.377. The fraction of sp³-hybridized carbons (Fsp3) is 0.250. The van der Waals surface area contributed by atoms with Gasteiger partial charge in [0.1, 0.15) is 0 Å². The highest BCUT2D eigenvalue weighted by Gasteiger charge is 2.04. The lowest BCUT2D eigenvalue weighted by atomic mass is 10.1. The topological polar surface area (TPSA) is 97.5 Å². The number of benzene rings is 1. The van der Waals surface area contributed by atoms with Crippen LogP contribution < -0.4 is 0 Å². The van der Waals surface area contributed by atoms with Crippen LogP contribution in [0.2, 0.25) is 0 Å². The van der Waals surface area contributed by atoms with E-state index in [1.807, 2.05) is 19.9 Å². The number of azide groups is 2. The molecule has 1 aromatic rings. The van der Waals surface area contributed by atoms with Gasteiger partial charge in [0.05, 0.1) is 5.69 Å². The van der Waals surface area contributed by atoms with Crippen LogP contribution in [-0.2, 0) is 0 Å². The standard InChI is InChI=1S/C8H8N6/c1-5-3-4-7(11-13-9)8(6(5)2)12-14-10/h3-4H,1-2H3. The molecule has 0 spiro atoms. The third kappa shape index (κ3) is 1.77. The molecule has 0 saturated heterocycles. The molecule has 0 aliphatic carbocycles. The van der Waals surface area contributed by atoms with Gasteiger partial charge >= 0.3 is 0 Å². The highest BCUT2D eigenvalue weighted by molar-refractivity contribution is 5.67. The van der Waals surface area contributed by atoms with Crippen molar-refractivity contribution in [3.05, 3.63) is 44.1 Å². The van der Waals surface area contributed by atoms with Crippen molar-refractivity contribution in [3.8, 4) is 0 Å². The molecule has 70 valence electrons. The zero-order valence-corrected chi connectivity index (χ0v) is 7.84. The van der Waals surface area contributed by atoms with Crippen molar-refractivity contribution < 1.29 is 0 Å². The first-order chi connectivity index (χ1) is 6.70. The molecule has 0 unspecified atom stereocenters. The maximum Gasteiger partial charge on any atom is 0.0502 e. The Bertz CT molecular complexity index is 451. The van der Waals surface area contributed by atoms with E-state index in [0.717, 1.165) is 11.1 Å². The van der Waals surface area contributed by atoms with Gasteiger partial charge in [0.15, 0.2) is 0 Å². The van der Waals surface area contributed by atoms with Gasteiger partial charge in [-0.3, -0.25) is 0 Å². The molecule has 6 heteroatoms. The van der Waals surface area contributed by atoms with Crippen LogP contribution in [0.25, 0.3) is 20.9 Å². The fourth-order valence-electron chi connectivity index (χ4n) is 1.09. The minimum Gasteiger partial charge on any atom is -0.0603 e. The van der Waals surface area contributed by atoms with Crippen LogP contribution in [-0.4, -0.2) is 0 Å². The SMILES string of the molecule is Cc1ccc(N=[N+]=[N-])c(N=[N+]=[N-])c1C. The molecule has 0 aliphatic rings. The number of hydrogen-bond donors (Lipinski definition) is 0. The van der Waals surface area contributed by atoms with Crippen LogP contribution in [0.3, 0.4) is 0 Å². The van der Waals surface area contributed by atoms with Crippen LogP contribution >= 0.6 is 0 Å². The van der Waals surface area contributed by atoms with Crippen LogP contribution in [0.1, 0.15) is 11.1 Å². The van der Waals surface area contributed by atoms with Gasteiger partial charge in [0, 0.05) is 15.5 Å². The van der Waals surface area contributed by atoms with E-state index in [-0.39, 0.29) is 0 Å². The van der Waals surface area contributed by atoms with Crippen molar-refractivity contribution in [1.82, 2.24) is 0 Å². The Labute approximate surface area is 80.4 Å². The Morgan fingerprint density at radius 2 is 1.71 bits per heavy atom. The lowest BCUT2D eigenvalue weighted by Crippen LogP contribution is -1.80. The molecule has 0 radical (unpaired) electrons. The maximum atomic E-state index is 8.35. The molecule has 1 rings (SSSR count). The van der Waals surface area contributed by atoms with Crippen molar-refractivity contribution in [2.45, 2.75) is 13.8 Å². The summed E-state index contributed by atoms with van der Waals surface area (Å²) in [6.07, 6.45) is 0. The summed E-state index contributed by atoms with van der Waals surface area (Å²) in [6.45, 7) is 3.71. The van der Waals surface area contributed by atoms with E-state index in [4.69, 9.17) is 11.1 Å². The normalized spacial score (nSPS) is 8.71. The largest absolute Gasteiger partial charge is 0.0603 e. The number of nitrogens with zero attached hydrogens (tertiary/aromatic N) is 6. The lowest BCUT2D eigenvalue weighted by molar-refractivity contribution is 1.28. The Balaban J connectivity index is 3.51. The average molecular weight is 188 g/mol. The third-order valence-electron chi connectivity index (χ3n) is 1.98. The Kier molecular flexibility index (Phi) is 2.97. The molecule has 0 saturated carbocycles. The predicted octanol–water partition coefficient (Wildman–Crippen LogP) is 4.19. The Morgan fingerprint density at radius 3 is 2.29 bits per heavy atom. The average Bonchev–Trinajstić information content (AvgIpc) is 2.18. The summed E-state index contributed by atoms with van der Waals surface area (Å²) in [5.74, 6) is 0. The fourth-order valence-corrected chi connectivity index (χ4v) is 1.09. The molecule has 0 fully saturated rings. The minimum absolute atomic E-state index is 0.355. The zero-order chi connectivity index (χ0) is 10.6. The van der Waals surface area contributed by atoms with Crippen LogP contribution in [0, 0.1) is 13.8 Å². The highest BCUT2D eigenvalue weighted by Crippen LogP contribution is 2.33. The Hall–Kier alpha value is -2.16. The molecule has 0 N–H and O–H groups in total. The highest BCUT2D eigenvalue weighted by atomic mass is 15.2. The number of rotatable bonds is 2. The monoisotopic (exact) mass is 188 g/mol. The first kappa shape index (κ1) is 9.92. The van der Waals surface area contributed by atoms with Crippen LogP contribution in [0.15, 0.2) is 22.4 Å². The van der Waals surface area contributed by atoms with E-state index in [2.05, 4.69) is 20.1 Å². The zero-order valence-electron chi connectivity index (χ0n) is 7.84. The summed E-state index contributed by atoms with van der Waals surface area (Å²) in [5.41, 5.74) is 19.2. The summed E-state index contributed by atoms with van der Waals surface area (Å²) in [6, 6.07) is 3.45. The van der Waals surface area contributed by atoms with Crippen molar-refractivity contribution >= 4 is 11.4 Å². The first-order valence-electron chi connectivity index (χ1n) is 3.91. The first-order valence-corrected chi connectivity index (χ1v) is 3.91. The molecule has 0 aliphatic heterocycles. The van der Waals surface area contributed by atoms with Gasteiger partial charge in [0.2, 0.25) is 0 Å². The predicted molar refractivity (Wildman–Crippen MR) is 53.5 cm³/mol. The number of aryl methyl sites for hydroxylation is 1. The van der Waals surface area contributed by atoms with Gasteiger partial charge < -0.3 is 0 Å². The van der Waals surface area contributed by atoms with E-state index in [9.17, 15) is 0 Å². The molecule has 14 heavy (non-hydrogen) atoms. The van der Waals surface area contributed by atoms with Crippen molar-refractivity contribution in [2.75, 3.05) is 0 Å². The van der Waals surface area contributed by atoms with Crippen molar-refractivity contribution in [1.29, 1.82) is 0 Å². The Morgan fingerprint density at radius 1 is 1.07 bits per heavy atom. The van der Waals surface area contributed by atoms with Crippen LogP contribution in [0.5, 0.6) is 0 Å². The van der Waals surface area contributed by atoms with Crippen molar-refractivity contribution in [2.24, 2.45) is 10.2 Å². The molecule has 6 nitrogen and oxygen atoms in total. The van der Waals surface area contributed by atoms with Gasteiger partial charge in [-0.25, -0.2) is 0 Å². The maximum absolute atomic E-state index is 8.35. The summed E-state index contributed by atoms with van der Waals surface area (Å²) in [7, 11) is 0. The van der Waals surface area contributed by atoms with Gasteiger partial charge in [0.25, 0.3) is 0 Å². The number of hydrogen-bond acceptors (Lipinski definition) is 2. The third-order valence-corrected chi connectivity index (χ3v) is 1.98. The molecule has 1 aromatic carbocycles. The summed E-state index contributed by atoms with van der Waals surface area (Å²) in [5, 5.41) is 6.94. The molecular weight excluding hydrogens is 180 g/mol. The minimum atomic E-state index is 0.355. The van der Waals surface area contributed by atoms with E-state index in [1.165, 1.54) is 0 Å². The van der Waals surface area contributed by atoms with E-state index >= 15 is 0 Å². The smallest absolute Gasteiger partial charge is 0.0502 e. The summed E-state index contributed by atoms with van der Waals surface area (Å²) < 4.78 is 0. The molecule has 0 aromatic heterocycles. The summed E-state index contributed by atoms with van der Waals surface area (Å²) >= 11 is 0. The molecule has 0 bridgehead atoms. The second-order valence-electron chi connectivity index (χ2n) is 2.75. The summed E-state index contributed by atoms with van der Waals surface area (Å²) in [4.78, 5) is 5.35. The molecule has 0 atom stereocenters.